The van der Waals surface area contributed by atoms with E-state index in [1.807, 2.05) is 18.7 Å². The lowest BCUT2D eigenvalue weighted by Gasteiger charge is -2.35. The van der Waals surface area contributed by atoms with E-state index in [1.165, 1.54) is 12.1 Å². The predicted molar refractivity (Wildman–Crippen MR) is 95.0 cm³/mol. The van der Waals surface area contributed by atoms with E-state index in [1.54, 1.807) is 12.1 Å². The third-order valence-corrected chi connectivity index (χ3v) is 4.96. The standard InChI is InChI=1S/C19H27ClFNO2/c1-3-22(18(23)15-6-4-11-19(2,20)14-15)12-5-13-24-17-9-7-16(21)8-10-17/h7-10,15H,3-6,11-14H2,1-2H3. The van der Waals surface area contributed by atoms with Gasteiger partial charge < -0.3 is 9.64 Å². The molecule has 24 heavy (non-hydrogen) atoms. The quantitative estimate of drug-likeness (QED) is 0.527. The molecule has 134 valence electrons. The van der Waals surface area contributed by atoms with Crippen LogP contribution in [0.25, 0.3) is 0 Å². The fourth-order valence-electron chi connectivity index (χ4n) is 3.30. The fourth-order valence-corrected chi connectivity index (χ4v) is 3.62. The summed E-state index contributed by atoms with van der Waals surface area (Å²) in [4.78, 5) is 14.4. The Morgan fingerprint density at radius 2 is 2.12 bits per heavy atom. The molecule has 0 radical (unpaired) electrons. The zero-order valence-electron chi connectivity index (χ0n) is 14.6. The first-order valence-corrected chi connectivity index (χ1v) is 9.15. The Balaban J connectivity index is 1.76. The van der Waals surface area contributed by atoms with Gasteiger partial charge in [0.2, 0.25) is 5.91 Å². The van der Waals surface area contributed by atoms with Crippen LogP contribution in [0.2, 0.25) is 0 Å². The second kappa shape index (κ2) is 8.70. The number of nitrogens with zero attached hydrogens (tertiary/aromatic N) is 1. The number of hydrogen-bond acceptors (Lipinski definition) is 2. The van der Waals surface area contributed by atoms with E-state index < -0.39 is 0 Å². The van der Waals surface area contributed by atoms with Crippen LogP contribution in [0.5, 0.6) is 5.75 Å². The molecule has 1 amide bonds. The van der Waals surface area contributed by atoms with Crippen molar-refractivity contribution in [3.63, 3.8) is 0 Å². The summed E-state index contributed by atoms with van der Waals surface area (Å²) in [5, 5.41) is 0. The highest BCUT2D eigenvalue weighted by molar-refractivity contribution is 6.23. The van der Waals surface area contributed by atoms with Crippen LogP contribution in [0, 0.1) is 11.7 Å². The van der Waals surface area contributed by atoms with Gasteiger partial charge in [0.15, 0.2) is 0 Å². The second-order valence-electron chi connectivity index (χ2n) is 6.78. The first kappa shape index (κ1) is 19.0. The van der Waals surface area contributed by atoms with Crippen molar-refractivity contribution >= 4 is 17.5 Å². The normalized spacial score (nSPS) is 23.8. The van der Waals surface area contributed by atoms with Crippen LogP contribution in [0.3, 0.4) is 0 Å². The number of amides is 1. The van der Waals surface area contributed by atoms with Crippen LogP contribution < -0.4 is 4.74 Å². The molecule has 5 heteroatoms. The molecule has 0 saturated heterocycles. The maximum absolute atomic E-state index is 12.8. The topological polar surface area (TPSA) is 29.5 Å². The van der Waals surface area contributed by atoms with E-state index in [2.05, 4.69) is 0 Å². The van der Waals surface area contributed by atoms with Gasteiger partial charge in [-0.25, -0.2) is 4.39 Å². The van der Waals surface area contributed by atoms with Crippen LogP contribution in [0.15, 0.2) is 24.3 Å². The summed E-state index contributed by atoms with van der Waals surface area (Å²) in [6, 6.07) is 5.98. The minimum absolute atomic E-state index is 0.0409. The number of ether oxygens (including phenoxy) is 1. The molecule has 0 bridgehead atoms. The zero-order chi connectivity index (χ0) is 17.6. The smallest absolute Gasteiger partial charge is 0.225 e. The summed E-state index contributed by atoms with van der Waals surface area (Å²) in [6.07, 6.45) is 4.44. The molecular formula is C19H27ClFNO2. The van der Waals surface area contributed by atoms with Crippen LogP contribution in [0.4, 0.5) is 4.39 Å². The fraction of sp³-hybridized carbons (Fsp3) is 0.632. The Bertz CT molecular complexity index is 533. The van der Waals surface area contributed by atoms with Crippen molar-refractivity contribution in [3.05, 3.63) is 30.1 Å². The van der Waals surface area contributed by atoms with Crippen molar-refractivity contribution in [2.24, 2.45) is 5.92 Å². The average Bonchev–Trinajstić information content (AvgIpc) is 2.55. The van der Waals surface area contributed by atoms with Gasteiger partial charge in [-0.15, -0.1) is 11.6 Å². The lowest BCUT2D eigenvalue weighted by atomic mass is 9.81. The van der Waals surface area contributed by atoms with Gasteiger partial charge in [0, 0.05) is 23.9 Å². The van der Waals surface area contributed by atoms with Gasteiger partial charge in [-0.3, -0.25) is 4.79 Å². The number of hydrogen-bond donors (Lipinski definition) is 0. The average molecular weight is 356 g/mol. The molecule has 2 unspecified atom stereocenters. The molecular weight excluding hydrogens is 329 g/mol. The van der Waals surface area contributed by atoms with E-state index in [0.29, 0.717) is 25.4 Å². The summed E-state index contributed by atoms with van der Waals surface area (Å²) >= 11 is 6.45. The molecule has 0 heterocycles. The molecule has 1 fully saturated rings. The molecule has 2 rings (SSSR count). The van der Waals surface area contributed by atoms with Crippen molar-refractivity contribution in [1.82, 2.24) is 4.90 Å². The Labute approximate surface area is 149 Å². The van der Waals surface area contributed by atoms with Gasteiger partial charge in [0.25, 0.3) is 0 Å². The number of carbonyl (C=O) groups is 1. The van der Waals surface area contributed by atoms with Gasteiger partial charge in [0.05, 0.1) is 6.61 Å². The highest BCUT2D eigenvalue weighted by Gasteiger charge is 2.35. The Morgan fingerprint density at radius 3 is 2.75 bits per heavy atom. The summed E-state index contributed by atoms with van der Waals surface area (Å²) in [7, 11) is 0. The lowest BCUT2D eigenvalue weighted by molar-refractivity contribution is -0.136. The lowest BCUT2D eigenvalue weighted by Crippen LogP contribution is -2.41. The third-order valence-electron chi connectivity index (χ3n) is 4.62. The molecule has 0 N–H and O–H groups in total. The van der Waals surface area contributed by atoms with E-state index in [0.717, 1.165) is 32.1 Å². The predicted octanol–water partition coefficient (Wildman–Crippen LogP) is 4.63. The van der Waals surface area contributed by atoms with Crippen LogP contribution in [0.1, 0.15) is 46.0 Å². The van der Waals surface area contributed by atoms with Crippen molar-refractivity contribution in [2.75, 3.05) is 19.7 Å². The Morgan fingerprint density at radius 1 is 1.42 bits per heavy atom. The van der Waals surface area contributed by atoms with Crippen molar-refractivity contribution < 1.29 is 13.9 Å². The molecule has 1 aliphatic rings. The first-order chi connectivity index (χ1) is 11.4. The van der Waals surface area contributed by atoms with Crippen molar-refractivity contribution in [1.29, 1.82) is 0 Å². The number of benzene rings is 1. The van der Waals surface area contributed by atoms with Crippen molar-refractivity contribution in [2.45, 2.75) is 50.8 Å². The van der Waals surface area contributed by atoms with Gasteiger partial charge in [-0.2, -0.15) is 0 Å². The Kier molecular flexibility index (Phi) is 6.90. The summed E-state index contributed by atoms with van der Waals surface area (Å²) in [6.45, 7) is 5.91. The molecule has 1 aromatic carbocycles. The summed E-state index contributed by atoms with van der Waals surface area (Å²) < 4.78 is 18.4. The van der Waals surface area contributed by atoms with E-state index >= 15 is 0 Å². The molecule has 1 aromatic rings. The summed E-state index contributed by atoms with van der Waals surface area (Å²) in [5.74, 6) is 0.630. The highest BCUT2D eigenvalue weighted by Crippen LogP contribution is 2.37. The molecule has 0 aliphatic heterocycles. The number of rotatable bonds is 7. The molecule has 0 spiro atoms. The van der Waals surface area contributed by atoms with Gasteiger partial charge >= 0.3 is 0 Å². The first-order valence-electron chi connectivity index (χ1n) is 8.77. The van der Waals surface area contributed by atoms with E-state index in [-0.39, 0.29) is 22.5 Å². The van der Waals surface area contributed by atoms with Crippen LogP contribution >= 0.6 is 11.6 Å². The Hall–Kier alpha value is -1.29. The number of alkyl halides is 1. The molecule has 3 nitrogen and oxygen atoms in total. The van der Waals surface area contributed by atoms with Gasteiger partial charge in [-0.1, -0.05) is 6.42 Å². The van der Waals surface area contributed by atoms with E-state index in [9.17, 15) is 9.18 Å². The molecule has 0 aromatic heterocycles. The maximum Gasteiger partial charge on any atom is 0.225 e. The third kappa shape index (κ3) is 5.66. The zero-order valence-corrected chi connectivity index (χ0v) is 15.3. The minimum Gasteiger partial charge on any atom is -0.494 e. The number of carbonyl (C=O) groups excluding carboxylic acids is 1. The second-order valence-corrected chi connectivity index (χ2v) is 7.69. The van der Waals surface area contributed by atoms with Crippen LogP contribution in [-0.2, 0) is 4.79 Å². The summed E-state index contributed by atoms with van der Waals surface area (Å²) in [5.41, 5.74) is 0. The largest absolute Gasteiger partial charge is 0.494 e. The molecule has 1 saturated carbocycles. The van der Waals surface area contributed by atoms with Crippen LogP contribution in [-0.4, -0.2) is 35.4 Å². The number of halogens is 2. The SMILES string of the molecule is CCN(CCCOc1ccc(F)cc1)C(=O)C1CCCC(C)(Cl)C1. The minimum atomic E-state index is -0.274. The molecule has 1 aliphatic carbocycles. The van der Waals surface area contributed by atoms with E-state index in [4.69, 9.17) is 16.3 Å². The van der Waals surface area contributed by atoms with Gasteiger partial charge in [0.1, 0.15) is 11.6 Å². The van der Waals surface area contributed by atoms with Crippen molar-refractivity contribution in [3.8, 4) is 5.75 Å². The molecule has 2 atom stereocenters. The highest BCUT2D eigenvalue weighted by atomic mass is 35.5. The monoisotopic (exact) mass is 355 g/mol. The van der Waals surface area contributed by atoms with Gasteiger partial charge in [-0.05, 0) is 63.8 Å². The maximum atomic E-state index is 12.8.